The molecule has 124 valence electrons. The maximum Gasteiger partial charge on any atom is 0.0925 e. The summed E-state index contributed by atoms with van der Waals surface area (Å²) in [5.41, 5.74) is 8.18. The Morgan fingerprint density at radius 1 is 0.826 bits per heavy atom. The van der Waals surface area contributed by atoms with E-state index in [4.69, 9.17) is 15.2 Å². The summed E-state index contributed by atoms with van der Waals surface area (Å²) in [5.74, 6) is 0. The minimum absolute atomic E-state index is 0.231. The van der Waals surface area contributed by atoms with E-state index in [1.165, 1.54) is 0 Å². The molecule has 0 radical (unpaired) electrons. The van der Waals surface area contributed by atoms with Crippen molar-refractivity contribution in [3.05, 3.63) is 71.8 Å². The lowest BCUT2D eigenvalue weighted by Crippen LogP contribution is -2.38. The topological polar surface area (TPSA) is 64.7 Å². The van der Waals surface area contributed by atoms with Crippen LogP contribution in [-0.2, 0) is 22.7 Å². The summed E-state index contributed by atoms with van der Waals surface area (Å²) in [7, 11) is 0. The van der Waals surface area contributed by atoms with Crippen molar-refractivity contribution in [1.29, 1.82) is 0 Å². The average molecular weight is 315 g/mol. The van der Waals surface area contributed by atoms with Gasteiger partial charge in [0.25, 0.3) is 0 Å². The quantitative estimate of drug-likeness (QED) is 0.661. The summed E-state index contributed by atoms with van der Waals surface area (Å²) >= 11 is 0. The molecule has 2 atom stereocenters. The summed E-state index contributed by atoms with van der Waals surface area (Å²) in [6.45, 7) is 1.80. The van der Waals surface area contributed by atoms with Crippen LogP contribution >= 0.6 is 0 Å². The molecule has 0 spiro atoms. The van der Waals surface area contributed by atoms with E-state index in [9.17, 15) is 5.11 Å². The number of ether oxygens (including phenoxy) is 2. The second kappa shape index (κ2) is 10.1. The first-order chi connectivity index (χ1) is 11.3. The minimum Gasteiger partial charge on any atom is -0.389 e. The molecule has 0 aliphatic heterocycles. The van der Waals surface area contributed by atoms with Crippen molar-refractivity contribution in [3.63, 3.8) is 0 Å². The number of nitrogens with two attached hydrogens (primary N) is 1. The second-order valence-electron chi connectivity index (χ2n) is 5.56. The highest BCUT2D eigenvalue weighted by Crippen LogP contribution is 2.05. The van der Waals surface area contributed by atoms with Gasteiger partial charge in [-0.25, -0.2) is 0 Å². The second-order valence-corrected chi connectivity index (χ2v) is 5.56. The van der Waals surface area contributed by atoms with Crippen LogP contribution in [-0.4, -0.2) is 30.5 Å². The van der Waals surface area contributed by atoms with Gasteiger partial charge >= 0.3 is 0 Å². The Balaban J connectivity index is 1.56. The first-order valence-corrected chi connectivity index (χ1v) is 7.92. The van der Waals surface area contributed by atoms with Gasteiger partial charge in [0.05, 0.1) is 25.9 Å². The van der Waals surface area contributed by atoms with Crippen molar-refractivity contribution in [2.45, 2.75) is 31.8 Å². The fourth-order valence-electron chi connectivity index (χ4n) is 2.17. The smallest absolute Gasteiger partial charge is 0.0925 e. The standard InChI is InChI=1S/C19H25NO3/c20-18(11-12-22-13-16-7-3-1-4-8-16)19(21)15-23-14-17-9-5-2-6-10-17/h1-10,18-19,21H,11-15,20H2/t18-,19-/m1/s1. The molecule has 0 heterocycles. The first-order valence-electron chi connectivity index (χ1n) is 7.92. The molecule has 0 aliphatic rings. The molecule has 4 nitrogen and oxygen atoms in total. The third kappa shape index (κ3) is 6.93. The van der Waals surface area contributed by atoms with E-state index in [-0.39, 0.29) is 12.6 Å². The normalized spacial score (nSPS) is 13.7. The Morgan fingerprint density at radius 3 is 1.91 bits per heavy atom. The largest absolute Gasteiger partial charge is 0.389 e. The van der Waals surface area contributed by atoms with Crippen LogP contribution < -0.4 is 5.73 Å². The molecule has 0 bridgehead atoms. The van der Waals surface area contributed by atoms with Crippen molar-refractivity contribution in [3.8, 4) is 0 Å². The van der Waals surface area contributed by atoms with Gasteiger partial charge in [0.1, 0.15) is 0 Å². The third-order valence-corrected chi connectivity index (χ3v) is 3.60. The van der Waals surface area contributed by atoms with Gasteiger partial charge in [-0.3, -0.25) is 0 Å². The van der Waals surface area contributed by atoms with Crippen LogP contribution in [0.3, 0.4) is 0 Å². The molecule has 3 N–H and O–H groups in total. The molecule has 4 heteroatoms. The van der Waals surface area contributed by atoms with Crippen LogP contribution in [0.2, 0.25) is 0 Å². The molecule has 0 aromatic heterocycles. The lowest BCUT2D eigenvalue weighted by Gasteiger charge is -2.19. The van der Waals surface area contributed by atoms with Crippen molar-refractivity contribution in [2.75, 3.05) is 13.2 Å². The number of rotatable bonds is 10. The van der Waals surface area contributed by atoms with Gasteiger partial charge in [0.15, 0.2) is 0 Å². The van der Waals surface area contributed by atoms with Gasteiger partial charge in [-0.1, -0.05) is 60.7 Å². The van der Waals surface area contributed by atoms with Crippen LogP contribution in [0.5, 0.6) is 0 Å². The predicted molar refractivity (Wildman–Crippen MR) is 90.8 cm³/mol. The van der Waals surface area contributed by atoms with Gasteiger partial charge in [-0.05, 0) is 17.5 Å². The molecule has 0 amide bonds. The maximum absolute atomic E-state index is 10.0. The van der Waals surface area contributed by atoms with Crippen molar-refractivity contribution < 1.29 is 14.6 Å². The van der Waals surface area contributed by atoms with E-state index in [0.717, 1.165) is 11.1 Å². The van der Waals surface area contributed by atoms with Gasteiger partial charge in [-0.2, -0.15) is 0 Å². The Hall–Kier alpha value is -1.72. The molecule has 0 aliphatic carbocycles. The molecular formula is C19H25NO3. The highest BCUT2D eigenvalue weighted by molar-refractivity contribution is 5.14. The summed E-state index contributed by atoms with van der Waals surface area (Å²) < 4.78 is 11.1. The zero-order valence-electron chi connectivity index (χ0n) is 13.3. The van der Waals surface area contributed by atoms with Crippen molar-refractivity contribution >= 4 is 0 Å². The first kappa shape index (κ1) is 17.6. The SMILES string of the molecule is N[C@H](CCOCc1ccccc1)[C@H](O)COCc1ccccc1. The number of aliphatic hydroxyl groups is 1. The molecule has 2 rings (SSSR count). The minimum atomic E-state index is -0.681. The molecule has 0 unspecified atom stereocenters. The highest BCUT2D eigenvalue weighted by Gasteiger charge is 2.14. The van der Waals surface area contributed by atoms with E-state index in [1.54, 1.807) is 0 Å². The molecule has 0 saturated heterocycles. The van der Waals surface area contributed by atoms with Crippen LogP contribution in [0.1, 0.15) is 17.5 Å². The van der Waals surface area contributed by atoms with E-state index < -0.39 is 6.10 Å². The van der Waals surface area contributed by atoms with Crippen LogP contribution in [0.15, 0.2) is 60.7 Å². The predicted octanol–water partition coefficient (Wildman–Crippen LogP) is 2.50. The van der Waals surface area contributed by atoms with Gasteiger partial charge < -0.3 is 20.3 Å². The van der Waals surface area contributed by atoms with Crippen molar-refractivity contribution in [1.82, 2.24) is 0 Å². The lowest BCUT2D eigenvalue weighted by molar-refractivity contribution is 0.00789. The van der Waals surface area contributed by atoms with Gasteiger partial charge in [-0.15, -0.1) is 0 Å². The van der Waals surface area contributed by atoms with Crippen LogP contribution in [0.4, 0.5) is 0 Å². The average Bonchev–Trinajstić information content (AvgIpc) is 2.60. The molecule has 0 fully saturated rings. The van der Waals surface area contributed by atoms with E-state index >= 15 is 0 Å². The van der Waals surface area contributed by atoms with E-state index in [2.05, 4.69) is 0 Å². The third-order valence-electron chi connectivity index (χ3n) is 3.60. The maximum atomic E-state index is 10.0. The number of hydrogen-bond acceptors (Lipinski definition) is 4. The summed E-state index contributed by atoms with van der Waals surface area (Å²) in [4.78, 5) is 0. The number of aliphatic hydroxyl groups excluding tert-OH is 1. The fraction of sp³-hybridized carbons (Fsp3) is 0.368. The molecule has 23 heavy (non-hydrogen) atoms. The molecule has 2 aromatic rings. The fourth-order valence-corrected chi connectivity index (χ4v) is 2.17. The zero-order valence-corrected chi connectivity index (χ0v) is 13.3. The summed E-state index contributed by atoms with van der Waals surface area (Å²) in [5, 5.41) is 10.0. The Bertz CT molecular complexity index is 533. The molecule has 2 aromatic carbocycles. The number of hydrogen-bond donors (Lipinski definition) is 2. The van der Waals surface area contributed by atoms with Crippen molar-refractivity contribution in [2.24, 2.45) is 5.73 Å². The monoisotopic (exact) mass is 315 g/mol. The Labute approximate surface area is 137 Å². The lowest BCUT2D eigenvalue weighted by atomic mass is 10.1. The van der Waals surface area contributed by atoms with E-state index in [0.29, 0.717) is 26.2 Å². The van der Waals surface area contributed by atoms with Gasteiger partial charge in [0, 0.05) is 12.6 Å². The Kier molecular flexibility index (Phi) is 7.77. The zero-order chi connectivity index (χ0) is 16.3. The number of benzene rings is 2. The molecular weight excluding hydrogens is 290 g/mol. The molecule has 0 saturated carbocycles. The van der Waals surface area contributed by atoms with Crippen LogP contribution in [0, 0.1) is 0 Å². The van der Waals surface area contributed by atoms with Gasteiger partial charge in [0.2, 0.25) is 0 Å². The Morgan fingerprint density at radius 2 is 1.35 bits per heavy atom. The van der Waals surface area contributed by atoms with Crippen LogP contribution in [0.25, 0.3) is 0 Å². The summed E-state index contributed by atoms with van der Waals surface area (Å²) in [6.07, 6.45) is -0.0815. The van der Waals surface area contributed by atoms with E-state index in [1.807, 2.05) is 60.7 Å². The summed E-state index contributed by atoms with van der Waals surface area (Å²) in [6, 6.07) is 19.5. The highest BCUT2D eigenvalue weighted by atomic mass is 16.5.